The van der Waals surface area contributed by atoms with Gasteiger partial charge in [-0.1, -0.05) is 18.2 Å². The number of carbonyl (C=O) groups excluding carboxylic acids is 1. The molecule has 1 N–H and O–H groups in total. The number of hydrogen-bond donors (Lipinski definition) is 1. The van der Waals surface area contributed by atoms with Crippen LogP contribution in [0.4, 0.5) is 5.69 Å². The van der Waals surface area contributed by atoms with Crippen LogP contribution >= 0.6 is 0 Å². The molecule has 0 atom stereocenters. The van der Waals surface area contributed by atoms with Crippen molar-refractivity contribution in [2.75, 3.05) is 18.7 Å². The van der Waals surface area contributed by atoms with E-state index in [2.05, 4.69) is 10.3 Å². The molecule has 7 nitrogen and oxygen atoms in total. The zero-order chi connectivity index (χ0) is 21.6. The molecule has 0 saturated heterocycles. The molecule has 30 heavy (non-hydrogen) atoms. The standard InChI is InChI=1S/C22H22N2O5S/c1-28-20-9-8-19(12-21(20)29-14-17-6-4-10-23-13-17)24-22(25)18-7-3-5-16(11-18)15-30(2,26)27/h3-13H,14-15H2,1-2H3,(H,24,25). The highest BCUT2D eigenvalue weighted by Gasteiger charge is 2.12. The number of hydrogen-bond acceptors (Lipinski definition) is 6. The summed E-state index contributed by atoms with van der Waals surface area (Å²) in [6.45, 7) is 0.301. The van der Waals surface area contributed by atoms with Crippen molar-refractivity contribution in [1.29, 1.82) is 0 Å². The Balaban J connectivity index is 1.74. The number of anilines is 1. The zero-order valence-corrected chi connectivity index (χ0v) is 17.5. The second kappa shape index (κ2) is 9.41. The fraction of sp³-hybridized carbons (Fsp3) is 0.182. The van der Waals surface area contributed by atoms with Gasteiger partial charge in [0, 0.05) is 41.5 Å². The lowest BCUT2D eigenvalue weighted by atomic mass is 10.1. The molecule has 0 unspecified atom stereocenters. The lowest BCUT2D eigenvalue weighted by molar-refractivity contribution is 0.102. The highest BCUT2D eigenvalue weighted by Crippen LogP contribution is 2.31. The smallest absolute Gasteiger partial charge is 0.255 e. The van der Waals surface area contributed by atoms with Crippen LogP contribution in [0.2, 0.25) is 0 Å². The summed E-state index contributed by atoms with van der Waals surface area (Å²) in [4.78, 5) is 16.7. The van der Waals surface area contributed by atoms with Gasteiger partial charge < -0.3 is 14.8 Å². The normalized spacial score (nSPS) is 11.0. The summed E-state index contributed by atoms with van der Waals surface area (Å²) in [5, 5.41) is 2.80. The average Bonchev–Trinajstić information content (AvgIpc) is 2.72. The summed E-state index contributed by atoms with van der Waals surface area (Å²) in [6.07, 6.45) is 4.55. The van der Waals surface area contributed by atoms with Crippen LogP contribution < -0.4 is 14.8 Å². The lowest BCUT2D eigenvalue weighted by Gasteiger charge is -2.13. The van der Waals surface area contributed by atoms with Gasteiger partial charge in [0.2, 0.25) is 0 Å². The van der Waals surface area contributed by atoms with Crippen LogP contribution in [0.5, 0.6) is 11.5 Å². The van der Waals surface area contributed by atoms with Crippen LogP contribution in [0.15, 0.2) is 67.0 Å². The minimum absolute atomic E-state index is 0.122. The van der Waals surface area contributed by atoms with Crippen LogP contribution in [0.3, 0.4) is 0 Å². The third-order valence-electron chi connectivity index (χ3n) is 4.16. The number of aromatic nitrogens is 1. The molecule has 0 fully saturated rings. The number of sulfone groups is 1. The molecular weight excluding hydrogens is 404 g/mol. The molecule has 3 aromatic rings. The molecule has 1 amide bonds. The van der Waals surface area contributed by atoms with Crippen molar-refractivity contribution in [1.82, 2.24) is 4.98 Å². The zero-order valence-electron chi connectivity index (χ0n) is 16.7. The van der Waals surface area contributed by atoms with E-state index in [1.807, 2.05) is 12.1 Å². The maximum absolute atomic E-state index is 12.6. The Labute approximate surface area is 175 Å². The molecule has 2 aromatic carbocycles. The number of benzene rings is 2. The van der Waals surface area contributed by atoms with Crippen LogP contribution in [0.25, 0.3) is 0 Å². The Morgan fingerprint density at radius 3 is 2.53 bits per heavy atom. The number of rotatable bonds is 8. The molecular formula is C22H22N2O5S. The van der Waals surface area contributed by atoms with Gasteiger partial charge in [0.05, 0.1) is 12.9 Å². The molecule has 0 spiro atoms. The highest BCUT2D eigenvalue weighted by molar-refractivity contribution is 7.89. The van der Waals surface area contributed by atoms with Crippen molar-refractivity contribution in [2.24, 2.45) is 0 Å². The van der Waals surface area contributed by atoms with Gasteiger partial charge in [0.25, 0.3) is 5.91 Å². The van der Waals surface area contributed by atoms with Crippen molar-refractivity contribution in [3.05, 3.63) is 83.7 Å². The summed E-state index contributed by atoms with van der Waals surface area (Å²) >= 11 is 0. The molecule has 0 aliphatic rings. The maximum Gasteiger partial charge on any atom is 0.255 e. The minimum atomic E-state index is -3.19. The van der Waals surface area contributed by atoms with Gasteiger partial charge in [-0.3, -0.25) is 9.78 Å². The minimum Gasteiger partial charge on any atom is -0.493 e. The van der Waals surface area contributed by atoms with Crippen molar-refractivity contribution >= 4 is 21.4 Å². The number of carbonyl (C=O) groups is 1. The summed E-state index contributed by atoms with van der Waals surface area (Å²) in [7, 11) is -1.65. The van der Waals surface area contributed by atoms with E-state index in [0.29, 0.717) is 34.9 Å². The van der Waals surface area contributed by atoms with Gasteiger partial charge in [-0.25, -0.2) is 8.42 Å². The van der Waals surface area contributed by atoms with Crippen molar-refractivity contribution in [2.45, 2.75) is 12.4 Å². The highest BCUT2D eigenvalue weighted by atomic mass is 32.2. The number of ether oxygens (including phenoxy) is 2. The van der Waals surface area contributed by atoms with E-state index in [1.54, 1.807) is 54.9 Å². The Hall–Kier alpha value is -3.39. The first-order valence-corrected chi connectivity index (χ1v) is 11.2. The number of methoxy groups -OCH3 is 1. The van der Waals surface area contributed by atoms with Crippen molar-refractivity contribution in [3.8, 4) is 11.5 Å². The SMILES string of the molecule is COc1ccc(NC(=O)c2cccc(CS(C)(=O)=O)c2)cc1OCc1cccnc1. The Bertz CT molecular complexity index is 1130. The van der Waals surface area contributed by atoms with Crippen molar-refractivity contribution in [3.63, 3.8) is 0 Å². The fourth-order valence-electron chi connectivity index (χ4n) is 2.82. The van der Waals surface area contributed by atoms with Gasteiger partial charge in [-0.05, 0) is 35.9 Å². The van der Waals surface area contributed by atoms with E-state index in [9.17, 15) is 13.2 Å². The van der Waals surface area contributed by atoms with Gasteiger partial charge in [0.15, 0.2) is 21.3 Å². The first kappa shape index (κ1) is 21.3. The Morgan fingerprint density at radius 2 is 1.83 bits per heavy atom. The second-order valence-electron chi connectivity index (χ2n) is 6.74. The lowest BCUT2D eigenvalue weighted by Crippen LogP contribution is -2.13. The second-order valence-corrected chi connectivity index (χ2v) is 8.88. The topological polar surface area (TPSA) is 94.6 Å². The number of pyridine rings is 1. The predicted molar refractivity (Wildman–Crippen MR) is 115 cm³/mol. The molecule has 3 rings (SSSR count). The first-order valence-electron chi connectivity index (χ1n) is 9.12. The van der Waals surface area contributed by atoms with Gasteiger partial charge in [-0.2, -0.15) is 0 Å². The van der Waals surface area contributed by atoms with E-state index in [-0.39, 0.29) is 11.7 Å². The molecule has 0 bridgehead atoms. The van der Waals surface area contributed by atoms with E-state index in [1.165, 1.54) is 7.11 Å². The summed E-state index contributed by atoms with van der Waals surface area (Å²) < 4.78 is 34.2. The van der Waals surface area contributed by atoms with E-state index in [4.69, 9.17) is 9.47 Å². The fourth-order valence-corrected chi connectivity index (χ4v) is 3.61. The van der Waals surface area contributed by atoms with Gasteiger partial charge in [-0.15, -0.1) is 0 Å². The van der Waals surface area contributed by atoms with Crippen LogP contribution in [-0.4, -0.2) is 32.7 Å². The molecule has 8 heteroatoms. The molecule has 1 heterocycles. The van der Waals surface area contributed by atoms with Crippen molar-refractivity contribution < 1.29 is 22.7 Å². The molecule has 0 aliphatic carbocycles. The van der Waals surface area contributed by atoms with E-state index < -0.39 is 9.84 Å². The third-order valence-corrected chi connectivity index (χ3v) is 5.01. The average molecular weight is 426 g/mol. The Kier molecular flexibility index (Phi) is 6.68. The number of amides is 1. The molecule has 156 valence electrons. The van der Waals surface area contributed by atoms with E-state index in [0.717, 1.165) is 11.8 Å². The van der Waals surface area contributed by atoms with Crippen LogP contribution in [0, 0.1) is 0 Å². The number of nitrogens with one attached hydrogen (secondary N) is 1. The van der Waals surface area contributed by atoms with Crippen LogP contribution in [0.1, 0.15) is 21.5 Å². The maximum atomic E-state index is 12.6. The third kappa shape index (κ3) is 6.05. The van der Waals surface area contributed by atoms with E-state index >= 15 is 0 Å². The largest absolute Gasteiger partial charge is 0.493 e. The number of nitrogens with zero attached hydrogens (tertiary/aromatic N) is 1. The molecule has 0 aliphatic heterocycles. The summed E-state index contributed by atoms with van der Waals surface area (Å²) in [5.41, 5.74) is 2.34. The van der Waals surface area contributed by atoms with Gasteiger partial charge in [0.1, 0.15) is 6.61 Å². The molecule has 1 aromatic heterocycles. The Morgan fingerprint density at radius 1 is 1.03 bits per heavy atom. The van der Waals surface area contributed by atoms with Gasteiger partial charge >= 0.3 is 0 Å². The monoisotopic (exact) mass is 426 g/mol. The summed E-state index contributed by atoms with van der Waals surface area (Å²) in [5.74, 6) is 0.536. The summed E-state index contributed by atoms with van der Waals surface area (Å²) in [6, 6.07) is 15.3. The molecule has 0 saturated carbocycles. The predicted octanol–water partition coefficient (Wildman–Crippen LogP) is 3.47. The van der Waals surface area contributed by atoms with Crippen LogP contribution in [-0.2, 0) is 22.2 Å². The first-order chi connectivity index (χ1) is 14.3. The quantitative estimate of drug-likeness (QED) is 0.593. The molecule has 0 radical (unpaired) electrons.